The smallest absolute Gasteiger partial charge is 0.410 e. The van der Waals surface area contributed by atoms with E-state index in [0.717, 1.165) is 24.1 Å². The Bertz CT molecular complexity index is 1920. The predicted octanol–water partition coefficient (Wildman–Crippen LogP) is 5.28. The number of aryl methyl sites for hydroxylation is 2. The van der Waals surface area contributed by atoms with Crippen LogP contribution in [0, 0.1) is 0 Å². The summed E-state index contributed by atoms with van der Waals surface area (Å²) in [7, 11) is -2.43. The molecule has 2 aromatic heterocycles. The Hall–Kier alpha value is -4.12. The second-order valence-electron chi connectivity index (χ2n) is 20.8. The summed E-state index contributed by atoms with van der Waals surface area (Å²) >= 11 is 0. The van der Waals surface area contributed by atoms with E-state index in [9.17, 15) is 29.1 Å². The van der Waals surface area contributed by atoms with Gasteiger partial charge in [0.15, 0.2) is 11.6 Å². The molecule has 2 fully saturated rings. The Kier molecular flexibility index (Phi) is 20.7. The summed E-state index contributed by atoms with van der Waals surface area (Å²) in [6.45, 7) is 30.2. The van der Waals surface area contributed by atoms with Gasteiger partial charge in [-0.1, -0.05) is 39.3 Å². The molecule has 4 rings (SSSR count). The van der Waals surface area contributed by atoms with E-state index >= 15 is 0 Å². The van der Waals surface area contributed by atoms with Crippen molar-refractivity contribution in [2.75, 3.05) is 82.0 Å². The number of aromatic nitrogens is 4. The van der Waals surface area contributed by atoms with Gasteiger partial charge < -0.3 is 48.4 Å². The zero-order valence-electron chi connectivity index (χ0n) is 40.9. The van der Waals surface area contributed by atoms with E-state index in [4.69, 9.17) is 18.9 Å². The second-order valence-corrected chi connectivity index (χ2v) is 32.0. The molecular formula is C44H78N8O10Si2. The van der Waals surface area contributed by atoms with Crippen LogP contribution in [0.5, 0.6) is 0 Å². The van der Waals surface area contributed by atoms with Crippen LogP contribution in [-0.4, -0.2) is 152 Å². The standard InChI is InChI=1S/C22H40N4O5Si.C22H38N4O5Si/c2*1-22(2,3)31-21(29)25-11-9-24(10-12-25)19-20(28)26(16-18(23-19)8-7-13-27)17-30-14-15-32(4,5)6/h16,27H,7-15,17H2,1-6H3;13,16H,7-12,14-15,17H2,1-6H3. The minimum Gasteiger partial charge on any atom is -0.444 e. The monoisotopic (exact) mass is 935 g/mol. The number of ether oxygens (including phenoxy) is 4. The first-order chi connectivity index (χ1) is 29.8. The van der Waals surface area contributed by atoms with Crippen molar-refractivity contribution in [3.63, 3.8) is 0 Å². The molecule has 0 atom stereocenters. The zero-order valence-corrected chi connectivity index (χ0v) is 42.9. The van der Waals surface area contributed by atoms with Crippen LogP contribution in [-0.2, 0) is 50.0 Å². The molecule has 0 radical (unpaired) electrons. The van der Waals surface area contributed by atoms with E-state index in [1.54, 1.807) is 26.8 Å². The lowest BCUT2D eigenvalue weighted by atomic mass is 10.2. The van der Waals surface area contributed by atoms with Gasteiger partial charge in [0, 0.05) is 107 Å². The van der Waals surface area contributed by atoms with Crippen molar-refractivity contribution in [2.45, 2.75) is 143 Å². The summed E-state index contributed by atoms with van der Waals surface area (Å²) in [6.07, 6.45) is 5.53. The van der Waals surface area contributed by atoms with Crippen molar-refractivity contribution in [3.05, 3.63) is 44.5 Å². The Morgan fingerprint density at radius 1 is 0.656 bits per heavy atom. The third-order valence-electron chi connectivity index (χ3n) is 10.0. The fourth-order valence-corrected chi connectivity index (χ4v) is 7.92. The van der Waals surface area contributed by atoms with Crippen molar-refractivity contribution in [1.29, 1.82) is 0 Å². The number of amides is 2. The summed E-state index contributed by atoms with van der Waals surface area (Å²) in [5, 5.41) is 9.20. The van der Waals surface area contributed by atoms with Crippen LogP contribution in [0.25, 0.3) is 0 Å². The van der Waals surface area contributed by atoms with Crippen molar-refractivity contribution < 1.29 is 38.4 Å². The number of nitrogens with zero attached hydrogens (tertiary/aromatic N) is 8. The van der Waals surface area contributed by atoms with Crippen LogP contribution in [0.1, 0.15) is 65.8 Å². The lowest BCUT2D eigenvalue weighted by Gasteiger charge is -2.36. The maximum atomic E-state index is 13.1. The lowest BCUT2D eigenvalue weighted by molar-refractivity contribution is -0.107. The highest BCUT2D eigenvalue weighted by atomic mass is 28.3. The first-order valence-electron chi connectivity index (χ1n) is 22.7. The predicted molar refractivity (Wildman–Crippen MR) is 255 cm³/mol. The number of carbonyl (C=O) groups is 3. The summed E-state index contributed by atoms with van der Waals surface area (Å²) < 4.78 is 25.6. The number of piperazine rings is 2. The van der Waals surface area contributed by atoms with E-state index in [1.807, 2.05) is 51.3 Å². The van der Waals surface area contributed by atoms with Gasteiger partial charge in [-0.15, -0.1) is 0 Å². The van der Waals surface area contributed by atoms with Gasteiger partial charge in [0.05, 0.1) is 11.4 Å². The molecule has 2 aliphatic rings. The van der Waals surface area contributed by atoms with E-state index in [-0.39, 0.29) is 43.4 Å². The second kappa shape index (κ2) is 24.4. The maximum Gasteiger partial charge on any atom is 0.410 e. The minimum atomic E-state index is -1.22. The topological polar surface area (TPSA) is 191 Å². The first-order valence-corrected chi connectivity index (χ1v) is 30.1. The molecule has 2 amide bonds. The molecule has 2 saturated heterocycles. The van der Waals surface area contributed by atoms with Gasteiger partial charge >= 0.3 is 12.2 Å². The summed E-state index contributed by atoms with van der Waals surface area (Å²) in [5.74, 6) is 0.712. The third kappa shape index (κ3) is 19.5. The third-order valence-corrected chi connectivity index (χ3v) is 13.4. The van der Waals surface area contributed by atoms with Crippen molar-refractivity contribution in [1.82, 2.24) is 28.9 Å². The van der Waals surface area contributed by atoms with Crippen LogP contribution in [0.2, 0.25) is 51.4 Å². The van der Waals surface area contributed by atoms with Gasteiger partial charge in [0.25, 0.3) is 11.1 Å². The SMILES string of the molecule is CC(C)(C)OC(=O)N1CCN(c2nc(CCC=O)cn(COCC[Si](C)(C)C)c2=O)CC1.CC(C)(C)OC(=O)N1CCN(c2nc(CCCO)cn(COCC[Si](C)(C)C)c2=O)CC1. The molecule has 0 spiro atoms. The van der Waals surface area contributed by atoms with Gasteiger partial charge in [-0.25, -0.2) is 19.6 Å². The molecule has 0 aliphatic carbocycles. The molecule has 2 aliphatic heterocycles. The Balaban J connectivity index is 0.000000340. The largest absolute Gasteiger partial charge is 0.444 e. The van der Waals surface area contributed by atoms with Gasteiger partial charge in [-0.3, -0.25) is 18.7 Å². The zero-order chi connectivity index (χ0) is 47.9. The highest BCUT2D eigenvalue weighted by molar-refractivity contribution is 6.76. The molecule has 0 unspecified atom stereocenters. The molecule has 20 heteroatoms. The fourth-order valence-electron chi connectivity index (χ4n) is 6.41. The quantitative estimate of drug-likeness (QED) is 0.115. The molecule has 0 saturated carbocycles. The molecule has 64 heavy (non-hydrogen) atoms. The minimum absolute atomic E-state index is 0.0669. The normalized spacial score (nSPS) is 15.1. The van der Waals surface area contributed by atoms with Crippen LogP contribution >= 0.6 is 0 Å². The Morgan fingerprint density at radius 3 is 1.36 bits per heavy atom. The lowest BCUT2D eigenvalue weighted by Crippen LogP contribution is -2.51. The number of anilines is 2. The average molecular weight is 935 g/mol. The number of rotatable bonds is 18. The van der Waals surface area contributed by atoms with Gasteiger partial charge in [0.1, 0.15) is 30.9 Å². The van der Waals surface area contributed by atoms with E-state index < -0.39 is 27.3 Å². The fraction of sp³-hybridized carbons (Fsp3) is 0.750. The molecule has 18 nitrogen and oxygen atoms in total. The number of aliphatic hydroxyl groups is 1. The van der Waals surface area contributed by atoms with E-state index in [0.29, 0.717) is 109 Å². The number of hydrogen-bond acceptors (Lipinski definition) is 14. The number of aliphatic hydroxyl groups excluding tert-OH is 1. The van der Waals surface area contributed by atoms with Crippen LogP contribution in [0.15, 0.2) is 22.0 Å². The van der Waals surface area contributed by atoms with Crippen molar-refractivity contribution in [3.8, 4) is 0 Å². The molecule has 362 valence electrons. The molecular weight excluding hydrogens is 857 g/mol. The number of carbonyl (C=O) groups excluding carboxylic acids is 3. The molecule has 0 aromatic carbocycles. The Morgan fingerprint density at radius 2 is 1.03 bits per heavy atom. The first kappa shape index (κ1) is 54.2. The van der Waals surface area contributed by atoms with Gasteiger partial charge in [-0.05, 0) is 72.9 Å². The highest BCUT2D eigenvalue weighted by Gasteiger charge is 2.30. The molecule has 0 bridgehead atoms. The highest BCUT2D eigenvalue weighted by Crippen LogP contribution is 2.18. The van der Waals surface area contributed by atoms with Crippen LogP contribution in [0.4, 0.5) is 21.2 Å². The van der Waals surface area contributed by atoms with Crippen molar-refractivity contribution in [2.24, 2.45) is 0 Å². The van der Waals surface area contributed by atoms with Gasteiger partial charge in [0.2, 0.25) is 0 Å². The van der Waals surface area contributed by atoms with Crippen molar-refractivity contribution >= 4 is 46.3 Å². The molecule has 2 aromatic rings. The maximum absolute atomic E-state index is 13.1. The summed E-state index contributed by atoms with van der Waals surface area (Å²) in [5.41, 5.74) is -0.0894. The Labute approximate surface area is 382 Å². The van der Waals surface area contributed by atoms with E-state index in [2.05, 4.69) is 49.3 Å². The molecule has 4 heterocycles. The average Bonchev–Trinajstić information content (AvgIpc) is 3.19. The van der Waals surface area contributed by atoms with Gasteiger partial charge in [-0.2, -0.15) is 0 Å². The number of hydrogen-bond donors (Lipinski definition) is 1. The van der Waals surface area contributed by atoms with Crippen LogP contribution < -0.4 is 20.9 Å². The summed E-state index contributed by atoms with van der Waals surface area (Å²) in [4.78, 5) is 78.0. The summed E-state index contributed by atoms with van der Waals surface area (Å²) in [6, 6.07) is 2.05. The van der Waals surface area contributed by atoms with Crippen LogP contribution in [0.3, 0.4) is 0 Å². The molecule has 1 N–H and O–H groups in total. The number of aldehydes is 1. The van der Waals surface area contributed by atoms with E-state index in [1.165, 1.54) is 4.57 Å².